The molecule has 1 aromatic rings. The van der Waals surface area contributed by atoms with Crippen LogP contribution in [-0.4, -0.2) is 31.8 Å². The van der Waals surface area contributed by atoms with E-state index in [1.807, 2.05) is 6.92 Å². The number of aryl methyl sites for hydroxylation is 1. The first-order valence-electron chi connectivity index (χ1n) is 11.1. The van der Waals surface area contributed by atoms with Crippen LogP contribution in [0.15, 0.2) is 23.8 Å². The maximum atomic E-state index is 14.3. The highest BCUT2D eigenvalue weighted by atomic mass is 19.2. The first-order valence-corrected chi connectivity index (χ1v) is 11.1. The van der Waals surface area contributed by atoms with Crippen LogP contribution in [0.4, 0.5) is 13.2 Å². The number of benzene rings is 1. The molecule has 0 bridgehead atoms. The van der Waals surface area contributed by atoms with Crippen LogP contribution in [0.1, 0.15) is 64.4 Å². The van der Waals surface area contributed by atoms with Crippen molar-refractivity contribution in [2.75, 3.05) is 19.8 Å². The van der Waals surface area contributed by atoms with Crippen LogP contribution in [0.2, 0.25) is 0 Å². The Morgan fingerprint density at radius 1 is 1.13 bits per heavy atom. The van der Waals surface area contributed by atoms with Gasteiger partial charge in [-0.05, 0) is 56.1 Å². The van der Waals surface area contributed by atoms with Crippen molar-refractivity contribution < 1.29 is 27.4 Å². The Balaban J connectivity index is 1.39. The fraction of sp³-hybridized carbons (Fsp3) is 0.667. The van der Waals surface area contributed by atoms with Gasteiger partial charge in [0.1, 0.15) is 0 Å². The van der Waals surface area contributed by atoms with Crippen LogP contribution in [-0.2, 0) is 15.9 Å². The summed E-state index contributed by atoms with van der Waals surface area (Å²) in [7, 11) is 0. The van der Waals surface area contributed by atoms with Crippen LogP contribution < -0.4 is 4.74 Å². The van der Waals surface area contributed by atoms with Crippen molar-refractivity contribution in [3.05, 3.63) is 41.0 Å². The average Bonchev–Trinajstić information content (AvgIpc) is 2.75. The van der Waals surface area contributed by atoms with Crippen molar-refractivity contribution >= 4 is 0 Å². The Morgan fingerprint density at radius 2 is 1.90 bits per heavy atom. The molecule has 6 heteroatoms. The minimum atomic E-state index is -1.35. The number of ether oxygens (including phenoxy) is 3. The van der Waals surface area contributed by atoms with E-state index < -0.39 is 17.3 Å². The van der Waals surface area contributed by atoms with Crippen LogP contribution in [0, 0.1) is 17.6 Å². The number of halogens is 3. The molecule has 0 amide bonds. The molecular weight excluding hydrogens is 393 g/mol. The normalized spacial score (nSPS) is 27.0. The summed E-state index contributed by atoms with van der Waals surface area (Å²) in [4.78, 5) is 0. The van der Waals surface area contributed by atoms with Gasteiger partial charge < -0.3 is 14.2 Å². The first-order chi connectivity index (χ1) is 14.4. The standard InChI is InChI=1S/C24H33F3O3/c1-3-13-24(27)15-29-21(30-16-24)12-9-17-5-7-18(8-6-17)14-28-20-11-10-19(4-2)22(25)23(20)26/h5,10-11,18,21H,3-4,6-9,12-16H2,1-2H3. The summed E-state index contributed by atoms with van der Waals surface area (Å²) in [5.74, 6) is -1.44. The molecule has 1 atom stereocenters. The molecule has 0 radical (unpaired) electrons. The van der Waals surface area contributed by atoms with Gasteiger partial charge in [0.2, 0.25) is 5.82 Å². The summed E-state index contributed by atoms with van der Waals surface area (Å²) >= 11 is 0. The molecule has 3 rings (SSSR count). The Bertz CT molecular complexity index is 727. The number of allylic oxidation sites excluding steroid dienone is 2. The third-order valence-corrected chi connectivity index (χ3v) is 6.05. The van der Waals surface area contributed by atoms with Crippen LogP contribution >= 0.6 is 0 Å². The highest BCUT2D eigenvalue weighted by molar-refractivity contribution is 5.31. The SMILES string of the molecule is CCCC1(F)COC(CCC2=CCC(COc3ccc(CC)c(F)c3F)CC2)OC1. The third kappa shape index (κ3) is 6.01. The molecule has 30 heavy (non-hydrogen) atoms. The number of hydrogen-bond donors (Lipinski definition) is 0. The molecule has 1 unspecified atom stereocenters. The van der Waals surface area contributed by atoms with E-state index in [1.165, 1.54) is 11.6 Å². The van der Waals surface area contributed by atoms with E-state index in [-0.39, 0.29) is 31.2 Å². The Hall–Kier alpha value is -1.53. The van der Waals surface area contributed by atoms with Crippen LogP contribution in [0.5, 0.6) is 5.75 Å². The van der Waals surface area contributed by atoms with Crippen LogP contribution in [0.3, 0.4) is 0 Å². The van der Waals surface area contributed by atoms with E-state index in [1.54, 1.807) is 13.0 Å². The lowest BCUT2D eigenvalue weighted by atomic mass is 9.88. The zero-order valence-electron chi connectivity index (χ0n) is 18.0. The van der Waals surface area contributed by atoms with Gasteiger partial charge in [0, 0.05) is 6.42 Å². The van der Waals surface area contributed by atoms with E-state index in [9.17, 15) is 13.2 Å². The van der Waals surface area contributed by atoms with Crippen molar-refractivity contribution in [3.8, 4) is 5.75 Å². The molecule has 1 heterocycles. The largest absolute Gasteiger partial charge is 0.490 e. The molecule has 2 aliphatic rings. The number of alkyl halides is 1. The van der Waals surface area contributed by atoms with E-state index in [0.29, 0.717) is 25.0 Å². The quantitative estimate of drug-likeness (QED) is 0.434. The molecular formula is C24H33F3O3. The third-order valence-electron chi connectivity index (χ3n) is 6.05. The smallest absolute Gasteiger partial charge is 0.200 e. The van der Waals surface area contributed by atoms with Crippen molar-refractivity contribution in [1.82, 2.24) is 0 Å². The molecule has 0 N–H and O–H groups in total. The lowest BCUT2D eigenvalue weighted by molar-refractivity contribution is -0.236. The summed E-state index contributed by atoms with van der Waals surface area (Å²) in [6.45, 7) is 4.34. The van der Waals surface area contributed by atoms with Crippen molar-refractivity contribution in [2.24, 2.45) is 5.92 Å². The molecule has 0 spiro atoms. The highest BCUT2D eigenvalue weighted by Gasteiger charge is 2.36. The zero-order valence-corrected chi connectivity index (χ0v) is 18.0. The second-order valence-corrected chi connectivity index (χ2v) is 8.51. The van der Waals surface area contributed by atoms with E-state index in [0.717, 1.165) is 38.5 Å². The highest BCUT2D eigenvalue weighted by Crippen LogP contribution is 2.31. The topological polar surface area (TPSA) is 27.7 Å². The average molecular weight is 427 g/mol. The van der Waals surface area contributed by atoms with E-state index in [4.69, 9.17) is 14.2 Å². The minimum Gasteiger partial charge on any atom is -0.490 e. The van der Waals surface area contributed by atoms with Gasteiger partial charge in [-0.15, -0.1) is 0 Å². The molecule has 1 aromatic carbocycles. The summed E-state index contributed by atoms with van der Waals surface area (Å²) in [5, 5.41) is 0. The minimum absolute atomic E-state index is 0.0157. The Morgan fingerprint density at radius 3 is 2.53 bits per heavy atom. The van der Waals surface area contributed by atoms with Gasteiger partial charge in [-0.25, -0.2) is 8.78 Å². The van der Waals surface area contributed by atoms with Gasteiger partial charge in [-0.1, -0.05) is 38.0 Å². The molecule has 1 fully saturated rings. The fourth-order valence-corrected chi connectivity index (χ4v) is 4.12. The monoisotopic (exact) mass is 426 g/mol. The Kier molecular flexibility index (Phi) is 8.23. The summed E-state index contributed by atoms with van der Waals surface area (Å²) < 4.78 is 59.0. The molecule has 1 aliphatic heterocycles. The second kappa shape index (κ2) is 10.7. The van der Waals surface area contributed by atoms with E-state index >= 15 is 0 Å². The molecule has 3 nitrogen and oxygen atoms in total. The molecule has 0 aromatic heterocycles. The predicted octanol–water partition coefficient (Wildman–Crippen LogP) is 6.29. The van der Waals surface area contributed by atoms with Crippen LogP contribution in [0.25, 0.3) is 0 Å². The summed E-state index contributed by atoms with van der Waals surface area (Å²) in [6.07, 6.45) is 7.88. The van der Waals surface area contributed by atoms with Gasteiger partial charge in [0.25, 0.3) is 0 Å². The van der Waals surface area contributed by atoms with Gasteiger partial charge in [0.15, 0.2) is 23.5 Å². The summed E-state index contributed by atoms with van der Waals surface area (Å²) in [5.41, 5.74) is 0.356. The lowest BCUT2D eigenvalue weighted by Crippen LogP contribution is -2.44. The number of rotatable bonds is 9. The summed E-state index contributed by atoms with van der Waals surface area (Å²) in [6, 6.07) is 3.09. The van der Waals surface area contributed by atoms with Crippen molar-refractivity contribution in [1.29, 1.82) is 0 Å². The Labute approximate surface area is 177 Å². The molecule has 1 aliphatic carbocycles. The van der Waals surface area contributed by atoms with Gasteiger partial charge >= 0.3 is 0 Å². The molecule has 1 saturated heterocycles. The fourth-order valence-electron chi connectivity index (χ4n) is 4.12. The van der Waals surface area contributed by atoms with E-state index in [2.05, 4.69) is 6.08 Å². The van der Waals surface area contributed by atoms with Gasteiger partial charge in [0.05, 0.1) is 19.8 Å². The first kappa shape index (κ1) is 23.1. The molecule has 0 saturated carbocycles. The second-order valence-electron chi connectivity index (χ2n) is 8.51. The molecule has 168 valence electrons. The van der Waals surface area contributed by atoms with Crippen molar-refractivity contribution in [2.45, 2.75) is 77.2 Å². The predicted molar refractivity (Wildman–Crippen MR) is 110 cm³/mol. The van der Waals surface area contributed by atoms with Gasteiger partial charge in [-0.3, -0.25) is 0 Å². The maximum Gasteiger partial charge on any atom is 0.200 e. The van der Waals surface area contributed by atoms with Gasteiger partial charge in [-0.2, -0.15) is 4.39 Å². The number of hydrogen-bond acceptors (Lipinski definition) is 3. The zero-order chi connectivity index (χ0) is 21.6. The maximum absolute atomic E-state index is 14.3. The van der Waals surface area contributed by atoms with Crippen molar-refractivity contribution in [3.63, 3.8) is 0 Å². The lowest BCUT2D eigenvalue weighted by Gasteiger charge is -2.34.